The van der Waals surface area contributed by atoms with Gasteiger partial charge < -0.3 is 4.52 Å². The van der Waals surface area contributed by atoms with Crippen LogP contribution in [0.2, 0.25) is 5.02 Å². The van der Waals surface area contributed by atoms with Crippen LogP contribution in [0.15, 0.2) is 57.5 Å². The van der Waals surface area contributed by atoms with E-state index in [0.717, 1.165) is 4.47 Å². The number of nitrogens with zero attached hydrogens (tertiary/aromatic N) is 2. The molecule has 0 saturated heterocycles. The van der Waals surface area contributed by atoms with Gasteiger partial charge in [-0.25, -0.2) is 13.1 Å². The zero-order chi connectivity index (χ0) is 17.9. The van der Waals surface area contributed by atoms with Gasteiger partial charge in [-0.15, -0.1) is 0 Å². The smallest absolute Gasteiger partial charge is 0.242 e. The molecule has 25 heavy (non-hydrogen) atoms. The second kappa shape index (κ2) is 7.65. The summed E-state index contributed by atoms with van der Waals surface area (Å²) in [5.41, 5.74) is 1.37. The van der Waals surface area contributed by atoms with Crippen LogP contribution in [-0.2, 0) is 22.3 Å². The molecule has 0 spiro atoms. The van der Waals surface area contributed by atoms with Gasteiger partial charge in [0.15, 0.2) is 0 Å². The number of rotatable bonds is 6. The molecular weight excluding hydrogens is 430 g/mol. The monoisotopic (exact) mass is 441 g/mol. The highest BCUT2D eigenvalue weighted by molar-refractivity contribution is 9.10. The second-order valence-corrected chi connectivity index (χ2v) is 8.39. The Morgan fingerprint density at radius 3 is 2.72 bits per heavy atom. The molecule has 0 fully saturated rings. The van der Waals surface area contributed by atoms with Crippen LogP contribution >= 0.6 is 27.5 Å². The quantitative estimate of drug-likeness (QED) is 0.628. The average molecular weight is 443 g/mol. The fraction of sp³-hybridized carbons (Fsp3) is 0.125. The minimum absolute atomic E-state index is 0.0795. The number of aromatic nitrogens is 2. The minimum atomic E-state index is -3.53. The third-order valence-corrected chi connectivity index (χ3v) is 5.27. The molecule has 6 nitrogen and oxygen atoms in total. The van der Waals surface area contributed by atoms with E-state index >= 15 is 0 Å². The summed E-state index contributed by atoms with van der Waals surface area (Å²) in [5.74, 6) is 0.387. The third kappa shape index (κ3) is 5.12. The highest BCUT2D eigenvalue weighted by atomic mass is 79.9. The van der Waals surface area contributed by atoms with Gasteiger partial charge in [0.25, 0.3) is 0 Å². The predicted molar refractivity (Wildman–Crippen MR) is 98.3 cm³/mol. The van der Waals surface area contributed by atoms with Crippen molar-refractivity contribution in [3.05, 3.63) is 69.5 Å². The molecule has 0 atom stereocenters. The van der Waals surface area contributed by atoms with E-state index in [9.17, 15) is 8.42 Å². The maximum absolute atomic E-state index is 12.2. The van der Waals surface area contributed by atoms with Gasteiger partial charge in [-0.2, -0.15) is 4.98 Å². The first-order valence-electron chi connectivity index (χ1n) is 7.22. The topological polar surface area (TPSA) is 85.1 Å². The second-order valence-electron chi connectivity index (χ2n) is 5.23. The Labute approximate surface area is 158 Å². The number of nitrogens with one attached hydrogen (secondary N) is 1. The van der Waals surface area contributed by atoms with E-state index in [-0.39, 0.29) is 18.2 Å². The van der Waals surface area contributed by atoms with Crippen molar-refractivity contribution in [2.45, 2.75) is 12.3 Å². The summed E-state index contributed by atoms with van der Waals surface area (Å²) in [7, 11) is -3.53. The Balaban J connectivity index is 1.65. The molecule has 0 saturated carbocycles. The van der Waals surface area contributed by atoms with Crippen molar-refractivity contribution in [3.8, 4) is 11.4 Å². The zero-order valence-electron chi connectivity index (χ0n) is 12.8. The van der Waals surface area contributed by atoms with Gasteiger partial charge in [0, 0.05) is 15.1 Å². The number of benzene rings is 2. The summed E-state index contributed by atoms with van der Waals surface area (Å²) < 4.78 is 32.7. The maximum Gasteiger partial charge on any atom is 0.242 e. The highest BCUT2D eigenvalue weighted by Gasteiger charge is 2.15. The lowest BCUT2D eigenvalue weighted by Gasteiger charge is -2.05. The van der Waals surface area contributed by atoms with Gasteiger partial charge in [-0.3, -0.25) is 0 Å². The van der Waals surface area contributed by atoms with Crippen LogP contribution in [0, 0.1) is 0 Å². The van der Waals surface area contributed by atoms with Crippen molar-refractivity contribution < 1.29 is 12.9 Å². The fourth-order valence-corrected chi connectivity index (χ4v) is 3.84. The molecule has 0 unspecified atom stereocenters. The molecule has 0 amide bonds. The normalized spacial score (nSPS) is 11.6. The first kappa shape index (κ1) is 18.1. The van der Waals surface area contributed by atoms with Gasteiger partial charge in [0.2, 0.25) is 21.7 Å². The van der Waals surface area contributed by atoms with Crippen LogP contribution in [0.4, 0.5) is 0 Å². The van der Waals surface area contributed by atoms with Crippen LogP contribution in [0.25, 0.3) is 11.4 Å². The van der Waals surface area contributed by atoms with Gasteiger partial charge >= 0.3 is 0 Å². The number of halogens is 2. The molecule has 3 rings (SSSR count). The van der Waals surface area contributed by atoms with E-state index in [4.69, 9.17) is 16.1 Å². The molecule has 2 aromatic carbocycles. The van der Waals surface area contributed by atoms with E-state index < -0.39 is 10.0 Å². The van der Waals surface area contributed by atoms with E-state index in [1.54, 1.807) is 42.5 Å². The number of hydrogen-bond donors (Lipinski definition) is 1. The van der Waals surface area contributed by atoms with Gasteiger partial charge in [0.1, 0.15) is 0 Å². The van der Waals surface area contributed by atoms with Crippen molar-refractivity contribution in [1.82, 2.24) is 14.9 Å². The number of hydrogen-bond acceptors (Lipinski definition) is 5. The van der Waals surface area contributed by atoms with Crippen LogP contribution in [0.3, 0.4) is 0 Å². The molecule has 0 bridgehead atoms. The molecule has 0 radical (unpaired) electrons. The lowest BCUT2D eigenvalue weighted by atomic mass is 10.2. The maximum atomic E-state index is 12.2. The lowest BCUT2D eigenvalue weighted by molar-refractivity contribution is 0.376. The van der Waals surface area contributed by atoms with Crippen LogP contribution in [0.1, 0.15) is 11.5 Å². The Morgan fingerprint density at radius 2 is 1.96 bits per heavy atom. The van der Waals surface area contributed by atoms with Crippen molar-refractivity contribution in [2.75, 3.05) is 0 Å². The molecule has 130 valence electrons. The standard InChI is InChI=1S/C16H13BrClN3O3S/c17-13-5-1-3-11(7-13)10-25(22,23)19-9-15-20-16(21-24-15)12-4-2-6-14(18)8-12/h1-8,19H,9-10H2. The van der Waals surface area contributed by atoms with E-state index in [1.807, 2.05) is 6.07 Å². The summed E-state index contributed by atoms with van der Waals surface area (Å²) in [5, 5.41) is 4.39. The number of sulfonamides is 1. The van der Waals surface area contributed by atoms with Crippen molar-refractivity contribution >= 4 is 37.6 Å². The van der Waals surface area contributed by atoms with Crippen LogP contribution < -0.4 is 4.72 Å². The van der Waals surface area contributed by atoms with Gasteiger partial charge in [-0.05, 0) is 29.8 Å². The summed E-state index contributed by atoms with van der Waals surface area (Å²) in [6.45, 7) is -0.0795. The summed E-state index contributed by atoms with van der Waals surface area (Å²) in [6, 6.07) is 14.1. The molecule has 1 heterocycles. The Hall–Kier alpha value is -1.74. The molecular formula is C16H13BrClN3O3S. The predicted octanol–water partition coefficient (Wildman–Crippen LogP) is 3.77. The summed E-state index contributed by atoms with van der Waals surface area (Å²) in [4.78, 5) is 4.17. The first-order chi connectivity index (χ1) is 11.9. The van der Waals surface area contributed by atoms with Gasteiger partial charge in [0.05, 0.1) is 12.3 Å². The Morgan fingerprint density at radius 1 is 1.16 bits per heavy atom. The molecule has 1 N–H and O–H groups in total. The van der Waals surface area contributed by atoms with E-state index in [0.29, 0.717) is 22.0 Å². The average Bonchev–Trinajstić information content (AvgIpc) is 3.02. The van der Waals surface area contributed by atoms with Crippen molar-refractivity contribution in [1.29, 1.82) is 0 Å². The van der Waals surface area contributed by atoms with Crippen LogP contribution in [0.5, 0.6) is 0 Å². The zero-order valence-corrected chi connectivity index (χ0v) is 16.0. The molecule has 0 aliphatic carbocycles. The lowest BCUT2D eigenvalue weighted by Crippen LogP contribution is -2.24. The van der Waals surface area contributed by atoms with Crippen molar-refractivity contribution in [2.24, 2.45) is 0 Å². The van der Waals surface area contributed by atoms with Gasteiger partial charge in [-0.1, -0.05) is 57.0 Å². The Bertz CT molecular complexity index is 992. The Kier molecular flexibility index (Phi) is 5.53. The molecule has 9 heteroatoms. The fourth-order valence-electron chi connectivity index (χ4n) is 2.14. The van der Waals surface area contributed by atoms with E-state index in [2.05, 4.69) is 30.8 Å². The van der Waals surface area contributed by atoms with Crippen molar-refractivity contribution in [3.63, 3.8) is 0 Å². The summed E-state index contributed by atoms with van der Waals surface area (Å²) >= 11 is 9.25. The highest BCUT2D eigenvalue weighted by Crippen LogP contribution is 2.20. The van der Waals surface area contributed by atoms with E-state index in [1.165, 1.54) is 0 Å². The summed E-state index contributed by atoms with van der Waals surface area (Å²) in [6.07, 6.45) is 0. The molecule has 3 aromatic rings. The largest absolute Gasteiger partial charge is 0.338 e. The minimum Gasteiger partial charge on any atom is -0.338 e. The molecule has 0 aliphatic rings. The molecule has 1 aromatic heterocycles. The molecule has 0 aliphatic heterocycles. The van der Waals surface area contributed by atoms with Crippen LogP contribution in [-0.4, -0.2) is 18.6 Å². The third-order valence-electron chi connectivity index (χ3n) is 3.24. The SMILES string of the molecule is O=S(=O)(Cc1cccc(Br)c1)NCc1nc(-c2cccc(Cl)c2)no1. The first-order valence-corrected chi connectivity index (χ1v) is 10.0.